The fraction of sp³-hybridized carbons (Fsp3) is 0.318. The third-order valence-corrected chi connectivity index (χ3v) is 7.08. The first-order valence-corrected chi connectivity index (χ1v) is 11.2. The van der Waals surface area contributed by atoms with Gasteiger partial charge >= 0.3 is 6.09 Å². The summed E-state index contributed by atoms with van der Waals surface area (Å²) in [6, 6.07) is 12.3. The average Bonchev–Trinajstić information content (AvgIpc) is 3.15. The molecule has 0 bridgehead atoms. The number of carbonyl (C=O) groups excluding carboxylic acids is 3. The number of amides is 3. The summed E-state index contributed by atoms with van der Waals surface area (Å²) in [5, 5.41) is 3.01. The number of ether oxygens (including phenoxy) is 1. The van der Waals surface area contributed by atoms with Crippen molar-refractivity contribution < 1.29 is 19.1 Å². The summed E-state index contributed by atoms with van der Waals surface area (Å²) in [6.07, 6.45) is -0.208. The molecule has 3 amide bonds. The minimum atomic E-state index is -0.477. The lowest BCUT2D eigenvalue weighted by molar-refractivity contribution is -0.118. The van der Waals surface area contributed by atoms with Gasteiger partial charge < -0.3 is 15.0 Å². The summed E-state index contributed by atoms with van der Waals surface area (Å²) in [5.41, 5.74) is 1.91. The van der Waals surface area contributed by atoms with E-state index in [9.17, 15) is 14.4 Å². The van der Waals surface area contributed by atoms with E-state index in [0.717, 1.165) is 17.0 Å². The number of fused-ring (bicyclic) bond motifs is 1. The van der Waals surface area contributed by atoms with Gasteiger partial charge in [0.2, 0.25) is 5.91 Å². The standard InChI is InChI=1S/C22H22ClN3O4S/c1-3-18-21(28)25(2)17-9-8-13(10-19(17)31-18)26-12-14(30-22(26)29)11-24-20(27)15-6-4-5-7-16(15)23/h4-10,14,18H,3,11-12H2,1-2H3,(H,24,27)/t14-,18?/m0/s1. The van der Waals surface area contributed by atoms with Crippen molar-refractivity contribution in [1.82, 2.24) is 5.32 Å². The lowest BCUT2D eigenvalue weighted by atomic mass is 10.2. The first-order valence-electron chi connectivity index (χ1n) is 9.98. The summed E-state index contributed by atoms with van der Waals surface area (Å²) < 4.78 is 5.44. The summed E-state index contributed by atoms with van der Waals surface area (Å²) in [5.74, 6) is -0.230. The van der Waals surface area contributed by atoms with Crippen molar-refractivity contribution in [3.05, 3.63) is 53.1 Å². The van der Waals surface area contributed by atoms with Crippen LogP contribution in [0.15, 0.2) is 47.4 Å². The molecular weight excluding hydrogens is 438 g/mol. The molecule has 2 aliphatic rings. The fourth-order valence-corrected chi connectivity index (χ4v) is 5.09. The molecule has 1 fully saturated rings. The Labute approximate surface area is 189 Å². The van der Waals surface area contributed by atoms with Gasteiger partial charge in [0.1, 0.15) is 6.10 Å². The van der Waals surface area contributed by atoms with Crippen molar-refractivity contribution in [1.29, 1.82) is 0 Å². The number of nitrogens with one attached hydrogen (secondary N) is 1. The number of hydrogen-bond donors (Lipinski definition) is 1. The van der Waals surface area contributed by atoms with Crippen LogP contribution in [0.5, 0.6) is 0 Å². The van der Waals surface area contributed by atoms with Gasteiger partial charge in [-0.25, -0.2) is 4.79 Å². The van der Waals surface area contributed by atoms with Crippen molar-refractivity contribution >= 4 is 52.6 Å². The predicted octanol–water partition coefficient (Wildman–Crippen LogP) is 3.94. The van der Waals surface area contributed by atoms with Gasteiger partial charge in [-0.2, -0.15) is 0 Å². The second-order valence-electron chi connectivity index (χ2n) is 7.37. The van der Waals surface area contributed by atoms with E-state index >= 15 is 0 Å². The second-order valence-corrected chi connectivity index (χ2v) is 9.02. The first kappa shape index (κ1) is 21.5. The minimum absolute atomic E-state index is 0.0858. The Morgan fingerprint density at radius 3 is 2.77 bits per heavy atom. The lowest BCUT2D eigenvalue weighted by Gasteiger charge is -2.31. The highest BCUT2D eigenvalue weighted by Gasteiger charge is 2.35. The average molecular weight is 460 g/mol. The summed E-state index contributed by atoms with van der Waals surface area (Å²) in [6.45, 7) is 2.48. The first-order chi connectivity index (χ1) is 14.9. The Morgan fingerprint density at radius 2 is 2.03 bits per heavy atom. The van der Waals surface area contributed by atoms with Gasteiger partial charge in [0.25, 0.3) is 5.91 Å². The van der Waals surface area contributed by atoms with E-state index in [1.54, 1.807) is 47.2 Å². The van der Waals surface area contributed by atoms with Gasteiger partial charge in [-0.3, -0.25) is 14.5 Å². The highest BCUT2D eigenvalue weighted by atomic mass is 35.5. The molecule has 31 heavy (non-hydrogen) atoms. The molecule has 2 aromatic rings. The summed E-state index contributed by atoms with van der Waals surface area (Å²) >= 11 is 7.58. The van der Waals surface area contributed by atoms with E-state index in [-0.39, 0.29) is 23.6 Å². The van der Waals surface area contributed by atoms with Crippen LogP contribution in [0.4, 0.5) is 16.2 Å². The topological polar surface area (TPSA) is 79.0 Å². The van der Waals surface area contributed by atoms with Crippen LogP contribution in [-0.2, 0) is 9.53 Å². The van der Waals surface area contributed by atoms with E-state index in [2.05, 4.69) is 5.32 Å². The van der Waals surface area contributed by atoms with E-state index in [4.69, 9.17) is 16.3 Å². The molecule has 0 spiro atoms. The number of thioether (sulfide) groups is 1. The number of hydrogen-bond acceptors (Lipinski definition) is 5. The Kier molecular flexibility index (Phi) is 6.11. The van der Waals surface area contributed by atoms with E-state index in [1.165, 1.54) is 11.8 Å². The molecule has 0 radical (unpaired) electrons. The number of carbonyl (C=O) groups is 3. The van der Waals surface area contributed by atoms with Crippen molar-refractivity contribution in [3.63, 3.8) is 0 Å². The number of cyclic esters (lactones) is 1. The quantitative estimate of drug-likeness (QED) is 0.732. The van der Waals surface area contributed by atoms with Crippen LogP contribution in [0, 0.1) is 0 Å². The number of halogens is 1. The van der Waals surface area contributed by atoms with Crippen LogP contribution in [0.1, 0.15) is 23.7 Å². The van der Waals surface area contributed by atoms with Crippen LogP contribution in [0.2, 0.25) is 5.02 Å². The minimum Gasteiger partial charge on any atom is -0.442 e. The van der Waals surface area contributed by atoms with Gasteiger partial charge in [0, 0.05) is 17.6 Å². The third-order valence-electron chi connectivity index (χ3n) is 5.35. The zero-order valence-electron chi connectivity index (χ0n) is 17.1. The van der Waals surface area contributed by atoms with Crippen molar-refractivity contribution in [2.75, 3.05) is 29.9 Å². The Hall–Kier alpha value is -2.71. The number of nitrogens with zero attached hydrogens (tertiary/aromatic N) is 2. The normalized spacial score (nSPS) is 20.5. The zero-order chi connectivity index (χ0) is 22.1. The largest absolute Gasteiger partial charge is 0.442 e. The zero-order valence-corrected chi connectivity index (χ0v) is 18.7. The Bertz CT molecular complexity index is 1050. The maximum absolute atomic E-state index is 12.5. The molecule has 0 saturated carbocycles. The highest BCUT2D eigenvalue weighted by molar-refractivity contribution is 8.01. The lowest BCUT2D eigenvalue weighted by Crippen LogP contribution is -2.38. The number of anilines is 2. The van der Waals surface area contributed by atoms with Crippen molar-refractivity contribution in [2.45, 2.75) is 29.6 Å². The fourth-order valence-electron chi connectivity index (χ4n) is 3.62. The van der Waals surface area contributed by atoms with Gasteiger partial charge in [-0.1, -0.05) is 30.7 Å². The van der Waals surface area contributed by atoms with Crippen LogP contribution in [-0.4, -0.2) is 49.4 Å². The molecule has 2 aromatic carbocycles. The van der Waals surface area contributed by atoms with Crippen LogP contribution in [0.25, 0.3) is 0 Å². The van der Waals surface area contributed by atoms with Crippen LogP contribution in [0.3, 0.4) is 0 Å². The van der Waals surface area contributed by atoms with E-state index < -0.39 is 12.2 Å². The molecule has 1 saturated heterocycles. The van der Waals surface area contributed by atoms with Gasteiger partial charge in [-0.15, -0.1) is 11.8 Å². The van der Waals surface area contributed by atoms with Gasteiger partial charge in [0.15, 0.2) is 0 Å². The predicted molar refractivity (Wildman–Crippen MR) is 121 cm³/mol. The van der Waals surface area contributed by atoms with Crippen LogP contribution >= 0.6 is 23.4 Å². The molecule has 2 aliphatic heterocycles. The van der Waals surface area contributed by atoms with E-state index in [0.29, 0.717) is 22.8 Å². The van der Waals surface area contributed by atoms with Crippen molar-refractivity contribution in [3.8, 4) is 0 Å². The molecule has 4 rings (SSSR count). The highest BCUT2D eigenvalue weighted by Crippen LogP contribution is 2.42. The molecule has 1 unspecified atom stereocenters. The summed E-state index contributed by atoms with van der Waals surface area (Å²) in [4.78, 5) is 41.4. The molecular formula is C22H22ClN3O4S. The molecule has 9 heteroatoms. The number of benzene rings is 2. The smallest absolute Gasteiger partial charge is 0.414 e. The molecule has 0 aliphatic carbocycles. The van der Waals surface area contributed by atoms with Crippen LogP contribution < -0.4 is 15.1 Å². The number of rotatable bonds is 5. The molecule has 2 atom stereocenters. The molecule has 7 nitrogen and oxygen atoms in total. The van der Waals surface area contributed by atoms with Crippen molar-refractivity contribution in [2.24, 2.45) is 0 Å². The maximum atomic E-state index is 12.5. The molecule has 1 N–H and O–H groups in total. The molecule has 162 valence electrons. The second kappa shape index (κ2) is 8.80. The maximum Gasteiger partial charge on any atom is 0.414 e. The third kappa shape index (κ3) is 4.22. The molecule has 0 aromatic heterocycles. The SMILES string of the molecule is CCC1Sc2cc(N3C[C@H](CNC(=O)c4ccccc4Cl)OC3=O)ccc2N(C)C1=O. The van der Waals surface area contributed by atoms with Gasteiger partial charge in [-0.05, 0) is 36.8 Å². The monoisotopic (exact) mass is 459 g/mol. The Balaban J connectivity index is 1.44. The Morgan fingerprint density at radius 1 is 1.26 bits per heavy atom. The van der Waals surface area contributed by atoms with Gasteiger partial charge in [0.05, 0.1) is 34.6 Å². The van der Waals surface area contributed by atoms with E-state index in [1.807, 2.05) is 19.1 Å². The summed E-state index contributed by atoms with van der Waals surface area (Å²) in [7, 11) is 1.77. The molecule has 2 heterocycles.